The molecule has 0 unspecified atom stereocenters. The molecule has 2 amide bonds. The van der Waals surface area contributed by atoms with Crippen molar-refractivity contribution in [3.05, 3.63) is 18.2 Å². The Hall–Kier alpha value is -2.44. The fourth-order valence-corrected chi connectivity index (χ4v) is 3.56. The van der Waals surface area contributed by atoms with Crippen LogP contribution in [0.15, 0.2) is 18.2 Å². The number of carbonyl (C=O) groups is 2. The molecule has 1 atom stereocenters. The Morgan fingerprint density at radius 3 is 2.66 bits per heavy atom. The maximum atomic E-state index is 13.0. The molecule has 1 saturated heterocycles. The normalized spacial score (nSPS) is 17.9. The number of nitrogens with zero attached hydrogens (tertiary/aromatic N) is 2. The number of rotatable bonds is 11. The van der Waals surface area contributed by atoms with Crippen molar-refractivity contribution in [2.45, 2.75) is 31.9 Å². The number of amides is 2. The average Bonchev–Trinajstić information content (AvgIpc) is 3.52. The minimum absolute atomic E-state index is 0.108. The highest BCUT2D eigenvalue weighted by atomic mass is 19.3. The largest absolute Gasteiger partial charge is 0.433 e. The SMILES string of the molecule is NC[C@@H](C(=O)Nc1ccc(N2CCOCC2=O)c(OC(F)F)c1)N(CC(F)F)CC1CC1. The van der Waals surface area contributed by atoms with Crippen molar-refractivity contribution in [1.29, 1.82) is 0 Å². The number of nitrogens with two attached hydrogens (primary N) is 1. The fraction of sp³-hybridized carbons (Fsp3) is 0.600. The van der Waals surface area contributed by atoms with Gasteiger partial charge in [-0.1, -0.05) is 0 Å². The van der Waals surface area contributed by atoms with Crippen LogP contribution in [0.2, 0.25) is 0 Å². The second-order valence-corrected chi connectivity index (χ2v) is 7.69. The average molecular weight is 462 g/mol. The summed E-state index contributed by atoms with van der Waals surface area (Å²) in [7, 11) is 0. The molecule has 3 N–H and O–H groups in total. The summed E-state index contributed by atoms with van der Waals surface area (Å²) in [6.07, 6.45) is -0.810. The first-order chi connectivity index (χ1) is 15.3. The number of hydrogen-bond donors (Lipinski definition) is 2. The lowest BCUT2D eigenvalue weighted by atomic mass is 10.1. The summed E-state index contributed by atoms with van der Waals surface area (Å²) in [4.78, 5) is 27.5. The first-order valence-corrected chi connectivity index (χ1v) is 10.3. The van der Waals surface area contributed by atoms with E-state index >= 15 is 0 Å². The zero-order chi connectivity index (χ0) is 23.3. The molecular formula is C20H26F4N4O4. The minimum atomic E-state index is -3.16. The lowest BCUT2D eigenvalue weighted by molar-refractivity contribution is -0.126. The third kappa shape index (κ3) is 6.53. The molecule has 2 aliphatic rings. The highest BCUT2D eigenvalue weighted by Crippen LogP contribution is 2.34. The molecule has 0 bridgehead atoms. The second kappa shape index (κ2) is 10.9. The van der Waals surface area contributed by atoms with Crippen LogP contribution in [0.3, 0.4) is 0 Å². The number of benzene rings is 1. The van der Waals surface area contributed by atoms with E-state index < -0.39 is 37.4 Å². The molecule has 2 fully saturated rings. The molecule has 32 heavy (non-hydrogen) atoms. The topological polar surface area (TPSA) is 97.1 Å². The monoisotopic (exact) mass is 462 g/mol. The Balaban J connectivity index is 1.78. The van der Waals surface area contributed by atoms with E-state index in [0.29, 0.717) is 6.54 Å². The molecule has 0 spiro atoms. The third-order valence-electron chi connectivity index (χ3n) is 5.25. The number of hydrogen-bond acceptors (Lipinski definition) is 6. The van der Waals surface area contributed by atoms with Gasteiger partial charge in [0.1, 0.15) is 12.6 Å². The molecule has 1 saturated carbocycles. The van der Waals surface area contributed by atoms with E-state index in [1.54, 1.807) is 0 Å². The summed E-state index contributed by atoms with van der Waals surface area (Å²) in [6, 6.07) is 2.94. The van der Waals surface area contributed by atoms with Gasteiger partial charge in [0, 0.05) is 31.4 Å². The predicted molar refractivity (Wildman–Crippen MR) is 108 cm³/mol. The molecule has 8 nitrogen and oxygen atoms in total. The molecule has 1 heterocycles. The molecule has 0 aromatic heterocycles. The molecule has 0 radical (unpaired) electrons. The maximum Gasteiger partial charge on any atom is 0.387 e. The second-order valence-electron chi connectivity index (χ2n) is 7.69. The summed E-state index contributed by atoms with van der Waals surface area (Å²) in [5.74, 6) is -1.10. The van der Waals surface area contributed by atoms with Crippen LogP contribution in [0.4, 0.5) is 28.9 Å². The number of halogens is 4. The smallest absolute Gasteiger partial charge is 0.387 e. The molecule has 12 heteroatoms. The Bertz CT molecular complexity index is 806. The number of carbonyl (C=O) groups excluding carboxylic acids is 2. The van der Waals surface area contributed by atoms with Crippen LogP contribution < -0.4 is 20.7 Å². The Labute approximate surface area is 182 Å². The van der Waals surface area contributed by atoms with Crippen molar-refractivity contribution in [3.63, 3.8) is 0 Å². The van der Waals surface area contributed by atoms with Crippen molar-refractivity contribution in [3.8, 4) is 5.75 Å². The van der Waals surface area contributed by atoms with Crippen molar-refractivity contribution >= 4 is 23.2 Å². The Kier molecular flexibility index (Phi) is 8.26. The Morgan fingerprint density at radius 1 is 1.31 bits per heavy atom. The molecule has 178 valence electrons. The van der Waals surface area contributed by atoms with E-state index in [4.69, 9.17) is 10.5 Å². The number of morpholine rings is 1. The third-order valence-corrected chi connectivity index (χ3v) is 5.25. The lowest BCUT2D eigenvalue weighted by Gasteiger charge is -2.30. The van der Waals surface area contributed by atoms with E-state index in [1.165, 1.54) is 21.9 Å². The van der Waals surface area contributed by atoms with E-state index in [1.807, 2.05) is 0 Å². The van der Waals surface area contributed by atoms with Crippen LogP contribution in [0.25, 0.3) is 0 Å². The van der Waals surface area contributed by atoms with Gasteiger partial charge in [0.2, 0.25) is 5.91 Å². The van der Waals surface area contributed by atoms with Gasteiger partial charge in [-0.25, -0.2) is 8.78 Å². The molecule has 1 aliphatic heterocycles. The fourth-order valence-electron chi connectivity index (χ4n) is 3.56. The zero-order valence-electron chi connectivity index (χ0n) is 17.3. The summed E-state index contributed by atoms with van der Waals surface area (Å²) < 4.78 is 61.6. The molecular weight excluding hydrogens is 436 g/mol. The predicted octanol–water partition coefficient (Wildman–Crippen LogP) is 1.89. The van der Waals surface area contributed by atoms with Crippen LogP contribution in [0, 0.1) is 5.92 Å². The molecule has 1 aromatic carbocycles. The van der Waals surface area contributed by atoms with Crippen molar-refractivity contribution in [1.82, 2.24) is 4.90 Å². The number of anilines is 2. The van der Waals surface area contributed by atoms with Gasteiger partial charge in [-0.2, -0.15) is 8.78 Å². The van der Waals surface area contributed by atoms with Crippen LogP contribution in [-0.4, -0.2) is 75.2 Å². The van der Waals surface area contributed by atoms with E-state index in [9.17, 15) is 27.2 Å². The molecule has 1 aromatic rings. The first kappa shape index (κ1) is 24.2. The number of nitrogens with one attached hydrogen (secondary N) is 1. The van der Waals surface area contributed by atoms with Gasteiger partial charge >= 0.3 is 6.61 Å². The summed E-state index contributed by atoms with van der Waals surface area (Å²) >= 11 is 0. The van der Waals surface area contributed by atoms with Gasteiger partial charge in [0.25, 0.3) is 12.3 Å². The van der Waals surface area contributed by atoms with Crippen LogP contribution in [-0.2, 0) is 14.3 Å². The summed E-state index contributed by atoms with van der Waals surface area (Å²) in [5.41, 5.74) is 5.92. The van der Waals surface area contributed by atoms with Gasteiger partial charge in [-0.15, -0.1) is 0 Å². The standard InChI is InChI=1S/C20H26F4N4O4/c21-17(22)10-27(9-12-1-2-12)15(8-25)19(30)26-13-3-4-14(16(7-13)32-20(23)24)28-5-6-31-11-18(28)29/h3-4,7,12,15,17,20H,1-2,5-6,8-11,25H2,(H,26,30)/t15-/m0/s1. The van der Waals surface area contributed by atoms with Gasteiger partial charge in [0.15, 0.2) is 5.75 Å². The van der Waals surface area contributed by atoms with Crippen LogP contribution >= 0.6 is 0 Å². The van der Waals surface area contributed by atoms with Gasteiger partial charge in [-0.3, -0.25) is 14.5 Å². The van der Waals surface area contributed by atoms with E-state index in [2.05, 4.69) is 10.1 Å². The van der Waals surface area contributed by atoms with Gasteiger partial charge < -0.3 is 25.4 Å². The number of alkyl halides is 4. The molecule has 3 rings (SSSR count). The van der Waals surface area contributed by atoms with E-state index in [-0.39, 0.29) is 49.3 Å². The van der Waals surface area contributed by atoms with Gasteiger partial charge in [0.05, 0.1) is 18.8 Å². The van der Waals surface area contributed by atoms with Crippen molar-refractivity contribution < 1.29 is 36.6 Å². The van der Waals surface area contributed by atoms with Crippen LogP contribution in [0.5, 0.6) is 5.75 Å². The molecule has 1 aliphatic carbocycles. The summed E-state index contributed by atoms with van der Waals surface area (Å²) in [5, 5.41) is 2.54. The Morgan fingerprint density at radius 2 is 2.06 bits per heavy atom. The van der Waals surface area contributed by atoms with Crippen molar-refractivity contribution in [2.24, 2.45) is 11.7 Å². The lowest BCUT2D eigenvalue weighted by Crippen LogP contribution is -2.51. The van der Waals surface area contributed by atoms with Crippen LogP contribution in [0.1, 0.15) is 12.8 Å². The highest BCUT2D eigenvalue weighted by molar-refractivity contribution is 5.98. The maximum absolute atomic E-state index is 13.0. The van der Waals surface area contributed by atoms with Gasteiger partial charge in [-0.05, 0) is 30.9 Å². The van der Waals surface area contributed by atoms with Crippen molar-refractivity contribution in [2.75, 3.05) is 49.6 Å². The van der Waals surface area contributed by atoms with E-state index in [0.717, 1.165) is 18.9 Å². The minimum Gasteiger partial charge on any atom is -0.433 e. The highest BCUT2D eigenvalue weighted by Gasteiger charge is 2.33. The summed E-state index contributed by atoms with van der Waals surface area (Å²) in [6.45, 7) is -3.41. The zero-order valence-corrected chi connectivity index (χ0v) is 17.3. The first-order valence-electron chi connectivity index (χ1n) is 10.3. The quantitative estimate of drug-likeness (QED) is 0.488. The number of ether oxygens (including phenoxy) is 2.